The number of alkyl carbamates (subject to hydrolysis) is 1. The lowest BCUT2D eigenvalue weighted by Gasteiger charge is -2.20. The number of hydrogen-bond acceptors (Lipinski definition) is 5. The molecule has 0 aromatic heterocycles. The normalized spacial score (nSPS) is 11.8. The lowest BCUT2D eigenvalue weighted by atomic mass is 10.3. The maximum Gasteiger partial charge on any atom is 0.407 e. The smallest absolute Gasteiger partial charge is 0.407 e. The molecule has 6 nitrogen and oxygen atoms in total. The molecule has 0 fully saturated rings. The molecule has 0 aliphatic carbocycles. The first-order valence-corrected chi connectivity index (χ1v) is 6.86. The van der Waals surface area contributed by atoms with Gasteiger partial charge in [-0.1, -0.05) is 6.58 Å². The van der Waals surface area contributed by atoms with Crippen molar-refractivity contribution in [3.05, 3.63) is 11.5 Å². The van der Waals surface area contributed by atoms with E-state index in [2.05, 4.69) is 11.3 Å². The molecule has 8 heteroatoms. The minimum Gasteiger partial charge on any atom is -0.444 e. The molecule has 0 unspecified atom stereocenters. The van der Waals surface area contributed by atoms with Crippen LogP contribution in [0.5, 0.6) is 0 Å². The highest BCUT2D eigenvalue weighted by Gasteiger charge is 2.32. The minimum absolute atomic E-state index is 0.206. The predicted octanol–water partition coefficient (Wildman–Crippen LogP) is 1.21. The molecule has 1 amide bonds. The van der Waals surface area contributed by atoms with E-state index in [-0.39, 0.29) is 11.4 Å². The van der Waals surface area contributed by atoms with Crippen LogP contribution >= 0.6 is 11.6 Å². The van der Waals surface area contributed by atoms with E-state index in [0.717, 1.165) is 0 Å². The minimum atomic E-state index is -3.60. The molecule has 0 aliphatic heterocycles. The average molecular weight is 298 g/mol. The summed E-state index contributed by atoms with van der Waals surface area (Å²) in [5.41, 5.74) is 0. The van der Waals surface area contributed by atoms with Crippen molar-refractivity contribution in [3.63, 3.8) is 0 Å². The van der Waals surface area contributed by atoms with Crippen LogP contribution in [0.25, 0.3) is 0 Å². The van der Waals surface area contributed by atoms with Gasteiger partial charge in [0.05, 0.1) is 16.2 Å². The number of amides is 1. The molecule has 0 atom stereocenters. The quantitative estimate of drug-likeness (QED) is 0.770. The van der Waals surface area contributed by atoms with Gasteiger partial charge in [0.1, 0.15) is 6.61 Å². The predicted molar refractivity (Wildman–Crippen MR) is 68.0 cm³/mol. The zero-order valence-corrected chi connectivity index (χ0v) is 12.0. The van der Waals surface area contributed by atoms with E-state index in [1.54, 1.807) is 0 Å². The van der Waals surface area contributed by atoms with Crippen LogP contribution in [0.15, 0.2) is 11.5 Å². The average Bonchev–Trinajstić information content (AvgIpc) is 2.21. The van der Waals surface area contributed by atoms with Gasteiger partial charge in [0, 0.05) is 0 Å². The Hall–Kier alpha value is -1.08. The monoisotopic (exact) mass is 297 g/mol. The van der Waals surface area contributed by atoms with Gasteiger partial charge in [0.2, 0.25) is 5.24 Å². The van der Waals surface area contributed by atoms with Crippen LogP contribution in [-0.2, 0) is 19.4 Å². The van der Waals surface area contributed by atoms with Gasteiger partial charge in [-0.15, -0.1) is 0 Å². The van der Waals surface area contributed by atoms with Crippen molar-refractivity contribution in [2.75, 3.05) is 13.2 Å². The molecule has 0 rings (SSSR count). The highest BCUT2D eigenvalue weighted by molar-refractivity contribution is 7.96. The van der Waals surface area contributed by atoms with Crippen LogP contribution in [-0.4, -0.2) is 37.7 Å². The third-order valence-corrected chi connectivity index (χ3v) is 4.55. The number of nitrogens with one attached hydrogen (secondary N) is 1. The summed E-state index contributed by atoms with van der Waals surface area (Å²) in [4.78, 5) is 21.2. The topological polar surface area (TPSA) is 89.5 Å². The number of ether oxygens (including phenoxy) is 1. The molecule has 104 valence electrons. The first-order chi connectivity index (χ1) is 7.98. The Balaban J connectivity index is 4.37. The molecule has 0 aromatic carbocycles. The van der Waals surface area contributed by atoms with Crippen molar-refractivity contribution in [1.82, 2.24) is 5.32 Å². The van der Waals surface area contributed by atoms with Gasteiger partial charge in [-0.3, -0.25) is 4.79 Å². The van der Waals surface area contributed by atoms with Crippen LogP contribution in [0.1, 0.15) is 20.8 Å². The second-order valence-electron chi connectivity index (χ2n) is 4.44. The van der Waals surface area contributed by atoms with E-state index in [9.17, 15) is 18.0 Å². The lowest BCUT2D eigenvalue weighted by molar-refractivity contribution is -0.110. The Morgan fingerprint density at radius 3 is 2.22 bits per heavy atom. The fraction of sp³-hybridized carbons (Fsp3) is 0.600. The highest BCUT2D eigenvalue weighted by atomic mass is 35.5. The number of hydrogen-bond donors (Lipinski definition) is 1. The number of halogens is 1. The van der Waals surface area contributed by atoms with Gasteiger partial charge in [-0.25, -0.2) is 13.2 Å². The molecule has 0 spiro atoms. The van der Waals surface area contributed by atoms with E-state index in [4.69, 9.17) is 11.6 Å². The lowest BCUT2D eigenvalue weighted by Crippen LogP contribution is -2.33. The zero-order valence-electron chi connectivity index (χ0n) is 10.4. The summed E-state index contributed by atoms with van der Waals surface area (Å²) in [7, 11) is -3.60. The summed E-state index contributed by atoms with van der Waals surface area (Å²) in [5, 5.41) is 1.29. The van der Waals surface area contributed by atoms with Crippen LogP contribution in [0.4, 0.5) is 4.79 Å². The molecule has 0 heterocycles. The van der Waals surface area contributed by atoms with E-state index in [1.165, 1.54) is 20.8 Å². The number of sulfone groups is 1. The Morgan fingerprint density at radius 2 is 1.83 bits per heavy atom. The SMILES string of the molecule is C=C(COC(=O)NCC(=O)Cl)S(=O)(=O)C(C)(C)C. The van der Waals surface area contributed by atoms with Gasteiger partial charge in [0.15, 0.2) is 9.84 Å². The molecule has 0 aliphatic rings. The van der Waals surface area contributed by atoms with Crippen LogP contribution < -0.4 is 5.32 Å². The van der Waals surface area contributed by atoms with Crippen molar-refractivity contribution in [2.24, 2.45) is 0 Å². The largest absolute Gasteiger partial charge is 0.444 e. The molecule has 0 radical (unpaired) electrons. The summed E-state index contributed by atoms with van der Waals surface area (Å²) < 4.78 is 27.3. The van der Waals surface area contributed by atoms with E-state index in [1.807, 2.05) is 5.32 Å². The molecule has 0 saturated heterocycles. The number of carbonyl (C=O) groups is 2. The van der Waals surface area contributed by atoms with Crippen molar-refractivity contribution in [1.29, 1.82) is 0 Å². The fourth-order valence-electron chi connectivity index (χ4n) is 0.849. The van der Waals surface area contributed by atoms with Crippen molar-refractivity contribution in [3.8, 4) is 0 Å². The van der Waals surface area contributed by atoms with Crippen molar-refractivity contribution >= 4 is 32.8 Å². The Bertz CT molecular complexity index is 449. The zero-order chi connectivity index (χ0) is 14.6. The first-order valence-electron chi connectivity index (χ1n) is 5.00. The molecule has 1 N–H and O–H groups in total. The van der Waals surface area contributed by atoms with Gasteiger partial charge in [-0.05, 0) is 32.4 Å². The Morgan fingerprint density at radius 1 is 1.33 bits per heavy atom. The van der Waals surface area contributed by atoms with Gasteiger partial charge >= 0.3 is 6.09 Å². The molecule has 0 aromatic rings. The van der Waals surface area contributed by atoms with Gasteiger partial charge in [0.25, 0.3) is 0 Å². The van der Waals surface area contributed by atoms with Crippen molar-refractivity contribution < 1.29 is 22.7 Å². The second kappa shape index (κ2) is 6.19. The van der Waals surface area contributed by atoms with Gasteiger partial charge < -0.3 is 10.1 Å². The first kappa shape index (κ1) is 16.9. The maximum atomic E-state index is 11.8. The molecular weight excluding hydrogens is 282 g/mol. The van der Waals surface area contributed by atoms with E-state index >= 15 is 0 Å². The third-order valence-electron chi connectivity index (χ3n) is 1.92. The standard InChI is InChI=1S/C10H16ClNO5S/c1-7(18(15,16)10(2,3)4)6-17-9(14)12-5-8(11)13/h1,5-6H2,2-4H3,(H,12,14). The fourth-order valence-corrected chi connectivity index (χ4v) is 2.00. The summed E-state index contributed by atoms with van der Waals surface area (Å²) in [6, 6.07) is 0. The van der Waals surface area contributed by atoms with E-state index in [0.29, 0.717) is 0 Å². The Labute approximate surface area is 111 Å². The number of rotatable bonds is 5. The maximum absolute atomic E-state index is 11.8. The molecular formula is C10H16ClNO5S. The second-order valence-corrected chi connectivity index (χ2v) is 7.67. The van der Waals surface area contributed by atoms with Crippen LogP contribution in [0.2, 0.25) is 0 Å². The summed E-state index contributed by atoms with van der Waals surface area (Å²) in [6.07, 6.45) is -0.936. The molecule has 0 saturated carbocycles. The molecule has 18 heavy (non-hydrogen) atoms. The molecule has 0 bridgehead atoms. The summed E-state index contributed by atoms with van der Waals surface area (Å²) >= 11 is 4.99. The third kappa shape index (κ3) is 5.05. The number of carbonyl (C=O) groups excluding carboxylic acids is 2. The van der Waals surface area contributed by atoms with E-state index < -0.39 is 32.5 Å². The summed E-state index contributed by atoms with van der Waals surface area (Å²) in [6.45, 7) is 7.05. The summed E-state index contributed by atoms with van der Waals surface area (Å²) in [5.74, 6) is 0. The highest BCUT2D eigenvalue weighted by Crippen LogP contribution is 2.22. The van der Waals surface area contributed by atoms with Crippen LogP contribution in [0.3, 0.4) is 0 Å². The van der Waals surface area contributed by atoms with Crippen molar-refractivity contribution in [2.45, 2.75) is 25.5 Å². The van der Waals surface area contributed by atoms with Gasteiger partial charge in [-0.2, -0.15) is 0 Å². The van der Waals surface area contributed by atoms with Crippen LogP contribution in [0, 0.1) is 0 Å². The Kier molecular flexibility index (Phi) is 5.82.